The minimum atomic E-state index is -0.182. The third-order valence-corrected chi connectivity index (χ3v) is 4.11. The van der Waals surface area contributed by atoms with Crippen molar-refractivity contribution in [1.29, 1.82) is 0 Å². The Bertz CT molecular complexity index is 271. The summed E-state index contributed by atoms with van der Waals surface area (Å²) in [4.78, 5) is 11.9. The van der Waals surface area contributed by atoms with Crippen molar-refractivity contribution >= 4 is 5.97 Å². The summed E-state index contributed by atoms with van der Waals surface area (Å²) in [6, 6.07) is 0. The largest absolute Gasteiger partial charge is 0.462 e. The van der Waals surface area contributed by atoms with E-state index >= 15 is 0 Å². The van der Waals surface area contributed by atoms with E-state index in [4.69, 9.17) is 4.74 Å². The van der Waals surface area contributed by atoms with Crippen LogP contribution in [-0.4, -0.2) is 12.6 Å². The predicted octanol–water partition coefficient (Wildman–Crippen LogP) is 6.05. The van der Waals surface area contributed by atoms with Crippen molar-refractivity contribution in [2.24, 2.45) is 5.92 Å². The topological polar surface area (TPSA) is 26.3 Å². The molecule has 0 aromatic carbocycles. The molecular formula is C19H36O2. The number of rotatable bonds is 14. The zero-order valence-corrected chi connectivity index (χ0v) is 14.6. The van der Waals surface area contributed by atoms with Crippen LogP contribution in [0.2, 0.25) is 0 Å². The van der Waals surface area contributed by atoms with Gasteiger partial charge < -0.3 is 4.74 Å². The number of hydrogen-bond donors (Lipinski definition) is 0. The van der Waals surface area contributed by atoms with Crippen molar-refractivity contribution in [2.45, 2.75) is 91.4 Å². The van der Waals surface area contributed by atoms with E-state index in [2.05, 4.69) is 27.4 Å². The van der Waals surface area contributed by atoms with Crippen LogP contribution in [0.1, 0.15) is 91.4 Å². The Morgan fingerprint density at radius 3 is 2.19 bits per heavy atom. The third kappa shape index (κ3) is 11.5. The quantitative estimate of drug-likeness (QED) is 0.221. The van der Waals surface area contributed by atoms with Crippen LogP contribution < -0.4 is 0 Å². The maximum Gasteiger partial charge on any atom is 0.333 e. The van der Waals surface area contributed by atoms with Crippen LogP contribution in [0, 0.1) is 5.92 Å². The Morgan fingerprint density at radius 1 is 0.952 bits per heavy atom. The summed E-state index contributed by atoms with van der Waals surface area (Å²) in [6.07, 6.45) is 12.9. The minimum absolute atomic E-state index is 0.182. The zero-order chi connectivity index (χ0) is 15.9. The van der Waals surface area contributed by atoms with E-state index in [0.29, 0.717) is 18.1 Å². The van der Waals surface area contributed by atoms with Crippen LogP contribution in [0.4, 0.5) is 0 Å². The lowest BCUT2D eigenvalue weighted by molar-refractivity contribution is -0.140. The molecular weight excluding hydrogens is 260 g/mol. The highest BCUT2D eigenvalue weighted by molar-refractivity contribution is 5.87. The van der Waals surface area contributed by atoms with Gasteiger partial charge in [0.1, 0.15) is 0 Å². The normalized spacial score (nSPS) is 12.1. The maximum absolute atomic E-state index is 11.9. The van der Waals surface area contributed by atoms with Crippen LogP contribution in [0.25, 0.3) is 0 Å². The van der Waals surface area contributed by atoms with Crippen LogP contribution >= 0.6 is 0 Å². The van der Waals surface area contributed by atoms with Gasteiger partial charge in [0.15, 0.2) is 0 Å². The van der Waals surface area contributed by atoms with Gasteiger partial charge in [-0.3, -0.25) is 0 Å². The van der Waals surface area contributed by atoms with Crippen molar-refractivity contribution in [1.82, 2.24) is 0 Å². The first-order valence-corrected chi connectivity index (χ1v) is 9.00. The Kier molecular flexibility index (Phi) is 13.6. The van der Waals surface area contributed by atoms with Crippen LogP contribution in [0.5, 0.6) is 0 Å². The fourth-order valence-electron chi connectivity index (χ4n) is 2.41. The molecule has 1 unspecified atom stereocenters. The Hall–Kier alpha value is -0.790. The van der Waals surface area contributed by atoms with Gasteiger partial charge in [0.05, 0.1) is 6.61 Å². The molecule has 0 rings (SSSR count). The van der Waals surface area contributed by atoms with Gasteiger partial charge in [-0.25, -0.2) is 4.79 Å². The molecule has 2 heteroatoms. The third-order valence-electron chi connectivity index (χ3n) is 4.11. The molecule has 0 saturated carbocycles. The lowest BCUT2D eigenvalue weighted by Gasteiger charge is -2.15. The Morgan fingerprint density at radius 2 is 1.57 bits per heavy atom. The molecule has 2 nitrogen and oxygen atoms in total. The summed E-state index contributed by atoms with van der Waals surface area (Å²) in [7, 11) is 0. The molecule has 21 heavy (non-hydrogen) atoms. The van der Waals surface area contributed by atoms with Gasteiger partial charge in [-0.15, -0.1) is 0 Å². The van der Waals surface area contributed by atoms with E-state index < -0.39 is 0 Å². The van der Waals surface area contributed by atoms with E-state index in [0.717, 1.165) is 25.7 Å². The van der Waals surface area contributed by atoms with Gasteiger partial charge in [-0.05, 0) is 25.2 Å². The molecule has 0 heterocycles. The Balaban J connectivity index is 3.71. The minimum Gasteiger partial charge on any atom is -0.462 e. The molecule has 124 valence electrons. The lowest BCUT2D eigenvalue weighted by Crippen LogP contribution is -2.15. The molecule has 0 aromatic heterocycles. The van der Waals surface area contributed by atoms with Crippen molar-refractivity contribution in [3.8, 4) is 0 Å². The Labute approximate surface area is 132 Å². The first kappa shape index (κ1) is 20.2. The van der Waals surface area contributed by atoms with Gasteiger partial charge in [0.25, 0.3) is 0 Å². The van der Waals surface area contributed by atoms with Gasteiger partial charge in [-0.2, -0.15) is 0 Å². The van der Waals surface area contributed by atoms with E-state index in [1.54, 1.807) is 0 Å². The van der Waals surface area contributed by atoms with Crippen molar-refractivity contribution < 1.29 is 9.53 Å². The fourth-order valence-corrected chi connectivity index (χ4v) is 2.41. The molecule has 0 aliphatic heterocycles. The first-order chi connectivity index (χ1) is 10.2. The number of ether oxygens (including phenoxy) is 1. The molecule has 0 aliphatic rings. The molecule has 0 N–H and O–H groups in total. The monoisotopic (exact) mass is 296 g/mol. The fraction of sp³-hybridized carbons (Fsp3) is 0.842. The number of hydrogen-bond acceptors (Lipinski definition) is 2. The second-order valence-corrected chi connectivity index (χ2v) is 6.14. The van der Waals surface area contributed by atoms with Gasteiger partial charge in [-0.1, -0.05) is 78.7 Å². The van der Waals surface area contributed by atoms with E-state index in [-0.39, 0.29) is 5.97 Å². The average molecular weight is 296 g/mol. The predicted molar refractivity (Wildman–Crippen MR) is 91.4 cm³/mol. The van der Waals surface area contributed by atoms with Crippen molar-refractivity contribution in [3.63, 3.8) is 0 Å². The highest BCUT2D eigenvalue weighted by atomic mass is 16.5. The molecule has 0 radical (unpaired) electrons. The smallest absolute Gasteiger partial charge is 0.333 e. The van der Waals surface area contributed by atoms with Crippen molar-refractivity contribution in [3.05, 3.63) is 12.2 Å². The standard InChI is InChI=1S/C19H36O2/c1-5-8-10-11-12-13-14-17(4)19(20)21-16-18(7-3)15-9-6-2/h18H,4-16H2,1-3H3. The van der Waals surface area contributed by atoms with Gasteiger partial charge in [0.2, 0.25) is 0 Å². The number of carbonyl (C=O) groups is 1. The molecule has 0 fully saturated rings. The molecule has 0 amide bonds. The van der Waals surface area contributed by atoms with Crippen LogP contribution in [-0.2, 0) is 9.53 Å². The molecule has 0 bridgehead atoms. The van der Waals surface area contributed by atoms with Crippen molar-refractivity contribution in [2.75, 3.05) is 6.61 Å². The summed E-state index contributed by atoms with van der Waals surface area (Å²) in [5, 5.41) is 0. The molecule has 0 aliphatic carbocycles. The average Bonchev–Trinajstić information content (AvgIpc) is 2.50. The number of esters is 1. The summed E-state index contributed by atoms with van der Waals surface area (Å²) < 4.78 is 5.41. The second kappa shape index (κ2) is 14.2. The van der Waals surface area contributed by atoms with Gasteiger partial charge >= 0.3 is 5.97 Å². The highest BCUT2D eigenvalue weighted by Gasteiger charge is 2.12. The van der Waals surface area contributed by atoms with E-state index in [1.165, 1.54) is 44.9 Å². The number of unbranched alkanes of at least 4 members (excludes halogenated alkanes) is 6. The molecule has 0 spiro atoms. The zero-order valence-electron chi connectivity index (χ0n) is 14.6. The summed E-state index contributed by atoms with van der Waals surface area (Å²) >= 11 is 0. The maximum atomic E-state index is 11.9. The lowest BCUT2D eigenvalue weighted by atomic mass is 10.0. The summed E-state index contributed by atoms with van der Waals surface area (Å²) in [6.45, 7) is 11.0. The first-order valence-electron chi connectivity index (χ1n) is 9.00. The highest BCUT2D eigenvalue weighted by Crippen LogP contribution is 2.15. The van der Waals surface area contributed by atoms with E-state index in [1.807, 2.05) is 0 Å². The SMILES string of the molecule is C=C(CCCCCCCC)C(=O)OCC(CC)CCCC. The van der Waals surface area contributed by atoms with Gasteiger partial charge in [0, 0.05) is 5.57 Å². The molecule has 0 aromatic rings. The molecule has 1 atom stereocenters. The van der Waals surface area contributed by atoms with Crippen LogP contribution in [0.3, 0.4) is 0 Å². The second-order valence-electron chi connectivity index (χ2n) is 6.14. The number of carbonyl (C=O) groups excluding carboxylic acids is 1. The summed E-state index contributed by atoms with van der Waals surface area (Å²) in [5.41, 5.74) is 0.649. The molecule has 0 saturated heterocycles. The summed E-state index contributed by atoms with van der Waals surface area (Å²) in [5.74, 6) is 0.328. The van der Waals surface area contributed by atoms with E-state index in [9.17, 15) is 4.79 Å². The van der Waals surface area contributed by atoms with Crippen LogP contribution in [0.15, 0.2) is 12.2 Å².